The summed E-state index contributed by atoms with van der Waals surface area (Å²) in [5.74, 6) is -1.73. The van der Waals surface area contributed by atoms with Crippen LogP contribution in [0.15, 0.2) is 10.5 Å². The van der Waals surface area contributed by atoms with E-state index >= 15 is 0 Å². The molecular formula is C10H13N5O6S2. The maximum Gasteiger partial charge on any atom is 0.362 e. The van der Waals surface area contributed by atoms with E-state index in [1.165, 1.54) is 5.38 Å². The molecule has 1 fully saturated rings. The first-order valence-electron chi connectivity index (χ1n) is 6.25. The van der Waals surface area contributed by atoms with Crippen molar-refractivity contribution in [1.29, 1.82) is 0 Å². The first kappa shape index (κ1) is 17.1. The normalized spacial score (nSPS) is 18.5. The van der Waals surface area contributed by atoms with Crippen LogP contribution in [0.2, 0.25) is 0 Å². The van der Waals surface area contributed by atoms with Crippen molar-refractivity contribution >= 4 is 44.3 Å². The van der Waals surface area contributed by atoms with Crippen molar-refractivity contribution in [2.45, 2.75) is 13.0 Å². The van der Waals surface area contributed by atoms with E-state index in [2.05, 4.69) is 15.5 Å². The quantitative estimate of drug-likeness (QED) is 0.240. The molecule has 1 aliphatic heterocycles. The number of nitrogens with two attached hydrogens (primary N) is 1. The largest absolute Gasteiger partial charge is 0.395 e. The molecule has 1 saturated heterocycles. The van der Waals surface area contributed by atoms with Crippen LogP contribution in [-0.2, 0) is 24.7 Å². The van der Waals surface area contributed by atoms with Crippen molar-refractivity contribution in [3.05, 3.63) is 11.1 Å². The number of β-lactam (4-membered cyclic amide) rings is 1. The molecule has 0 spiro atoms. The number of anilines is 1. The number of carbonyl (C=O) groups excluding carboxylic acids is 2. The first-order valence-corrected chi connectivity index (χ1v) is 8.53. The lowest BCUT2D eigenvalue weighted by molar-refractivity contribution is -0.139. The number of amides is 2. The monoisotopic (exact) mass is 363 g/mol. The maximum atomic E-state index is 12.2. The van der Waals surface area contributed by atoms with Gasteiger partial charge in [-0.3, -0.25) is 14.1 Å². The molecule has 1 aromatic heterocycles. The maximum absolute atomic E-state index is 12.2. The number of rotatable bonds is 6. The molecule has 23 heavy (non-hydrogen) atoms. The van der Waals surface area contributed by atoms with Crippen molar-refractivity contribution in [1.82, 2.24) is 14.6 Å². The molecule has 0 radical (unpaired) electrons. The molecule has 4 N–H and O–H groups in total. The molecule has 2 heterocycles. The third kappa shape index (κ3) is 3.75. The molecule has 0 bridgehead atoms. The summed E-state index contributed by atoms with van der Waals surface area (Å²) < 4.78 is 30.7. The molecule has 1 atom stereocenters. The first-order chi connectivity index (χ1) is 10.7. The standard InChI is InChI=1S/C10H13N5O6S2/c1-2-21-14-7(6-4-22-10(11)13-6)8(16)12-5-3-15(9(5)17)23(18,19)20/h4-5H,2-3H2,1H3,(H2,11,13)(H,12,16)(H,18,19,20)/t5-/m0/s1. The molecule has 0 unspecified atom stereocenters. The predicted octanol–water partition coefficient (Wildman–Crippen LogP) is -1.40. The number of nitrogens with one attached hydrogen (secondary N) is 1. The zero-order valence-electron chi connectivity index (χ0n) is 11.8. The van der Waals surface area contributed by atoms with Crippen LogP contribution in [-0.4, -0.2) is 59.0 Å². The average molecular weight is 363 g/mol. The van der Waals surface area contributed by atoms with Crippen LogP contribution in [0.1, 0.15) is 12.6 Å². The van der Waals surface area contributed by atoms with Crippen LogP contribution in [0.25, 0.3) is 0 Å². The third-order valence-electron chi connectivity index (χ3n) is 2.74. The number of aromatic nitrogens is 1. The number of oxime groups is 1. The molecule has 1 aliphatic rings. The number of carbonyl (C=O) groups is 2. The fourth-order valence-electron chi connectivity index (χ4n) is 1.67. The van der Waals surface area contributed by atoms with Gasteiger partial charge in [0.1, 0.15) is 18.3 Å². The van der Waals surface area contributed by atoms with Gasteiger partial charge in [-0.2, -0.15) is 8.42 Å². The topological polar surface area (TPSA) is 164 Å². The zero-order valence-corrected chi connectivity index (χ0v) is 13.4. The second kappa shape index (κ2) is 6.47. The molecule has 0 aliphatic carbocycles. The van der Waals surface area contributed by atoms with Gasteiger partial charge in [-0.05, 0) is 6.92 Å². The van der Waals surface area contributed by atoms with Gasteiger partial charge < -0.3 is 15.9 Å². The number of nitrogens with zero attached hydrogens (tertiary/aromatic N) is 3. The third-order valence-corrected chi connectivity index (χ3v) is 4.30. The Morgan fingerprint density at radius 2 is 2.39 bits per heavy atom. The van der Waals surface area contributed by atoms with E-state index < -0.39 is 28.2 Å². The summed E-state index contributed by atoms with van der Waals surface area (Å²) in [6, 6.07) is -1.09. The lowest BCUT2D eigenvalue weighted by Gasteiger charge is -2.35. The Morgan fingerprint density at radius 3 is 2.87 bits per heavy atom. The summed E-state index contributed by atoms with van der Waals surface area (Å²) in [7, 11) is -4.62. The Bertz CT molecular complexity index is 758. The Balaban J connectivity index is 2.10. The Kier molecular flexibility index (Phi) is 4.82. The fraction of sp³-hybridized carbons (Fsp3) is 0.400. The molecule has 126 valence electrons. The van der Waals surface area contributed by atoms with Crippen molar-refractivity contribution in [3.8, 4) is 0 Å². The van der Waals surface area contributed by atoms with Gasteiger partial charge in [0.15, 0.2) is 10.8 Å². The van der Waals surface area contributed by atoms with Crippen LogP contribution in [0.4, 0.5) is 5.13 Å². The second-order valence-electron chi connectivity index (χ2n) is 4.30. The van der Waals surface area contributed by atoms with Crippen LogP contribution in [0, 0.1) is 0 Å². The molecular weight excluding hydrogens is 350 g/mol. The highest BCUT2D eigenvalue weighted by Crippen LogP contribution is 2.16. The van der Waals surface area contributed by atoms with E-state index in [4.69, 9.17) is 15.1 Å². The average Bonchev–Trinajstić information content (AvgIpc) is 2.88. The number of nitrogen functional groups attached to an aromatic ring is 1. The molecule has 2 rings (SSSR count). The summed E-state index contributed by atoms with van der Waals surface area (Å²) in [6.07, 6.45) is 0. The van der Waals surface area contributed by atoms with Gasteiger partial charge >= 0.3 is 10.3 Å². The number of hydrogen-bond donors (Lipinski definition) is 3. The fourth-order valence-corrected chi connectivity index (χ4v) is 2.91. The van der Waals surface area contributed by atoms with E-state index in [9.17, 15) is 18.0 Å². The van der Waals surface area contributed by atoms with Gasteiger partial charge in [0.25, 0.3) is 11.8 Å². The number of hydrogen-bond acceptors (Lipinski definition) is 9. The van der Waals surface area contributed by atoms with E-state index in [-0.39, 0.29) is 34.0 Å². The van der Waals surface area contributed by atoms with E-state index in [1.807, 2.05) is 0 Å². The van der Waals surface area contributed by atoms with Crippen molar-refractivity contribution in [3.63, 3.8) is 0 Å². The Hall–Kier alpha value is -2.25. The summed E-state index contributed by atoms with van der Waals surface area (Å²) in [4.78, 5) is 32.5. The summed E-state index contributed by atoms with van der Waals surface area (Å²) in [5, 5.41) is 7.63. The van der Waals surface area contributed by atoms with Crippen LogP contribution < -0.4 is 11.1 Å². The zero-order chi connectivity index (χ0) is 17.2. The lowest BCUT2D eigenvalue weighted by Crippen LogP contribution is -2.65. The Labute approximate surface area is 135 Å². The molecule has 11 nitrogen and oxygen atoms in total. The van der Waals surface area contributed by atoms with E-state index in [0.717, 1.165) is 11.3 Å². The SMILES string of the molecule is CCON=C(C(=O)N[C@H]1CN(S(=O)(=O)O)C1=O)c1csc(N)n1. The number of thiazole rings is 1. The van der Waals surface area contributed by atoms with Crippen molar-refractivity contribution in [2.24, 2.45) is 5.16 Å². The minimum atomic E-state index is -4.62. The van der Waals surface area contributed by atoms with Crippen molar-refractivity contribution in [2.75, 3.05) is 18.9 Å². The molecule has 0 aromatic carbocycles. The highest BCUT2D eigenvalue weighted by molar-refractivity contribution is 7.84. The van der Waals surface area contributed by atoms with E-state index in [1.54, 1.807) is 6.92 Å². The van der Waals surface area contributed by atoms with Gasteiger partial charge in [-0.1, -0.05) is 5.16 Å². The smallest absolute Gasteiger partial charge is 0.362 e. The predicted molar refractivity (Wildman–Crippen MR) is 79.9 cm³/mol. The highest BCUT2D eigenvalue weighted by atomic mass is 32.2. The van der Waals surface area contributed by atoms with E-state index in [0.29, 0.717) is 0 Å². The van der Waals surface area contributed by atoms with Gasteiger partial charge in [-0.25, -0.2) is 9.29 Å². The lowest BCUT2D eigenvalue weighted by atomic mass is 10.1. The van der Waals surface area contributed by atoms with Gasteiger partial charge in [-0.15, -0.1) is 11.3 Å². The summed E-state index contributed by atoms with van der Waals surface area (Å²) in [5.41, 5.74) is 5.46. The van der Waals surface area contributed by atoms with Crippen molar-refractivity contribution < 1.29 is 27.4 Å². The second-order valence-corrected chi connectivity index (χ2v) is 6.53. The van der Waals surface area contributed by atoms with Gasteiger partial charge in [0, 0.05) is 5.38 Å². The minimum absolute atomic E-state index is 0.164. The minimum Gasteiger partial charge on any atom is -0.395 e. The molecule has 0 saturated carbocycles. The van der Waals surface area contributed by atoms with Crippen LogP contribution >= 0.6 is 11.3 Å². The van der Waals surface area contributed by atoms with Gasteiger partial charge in [0.05, 0.1) is 6.54 Å². The van der Waals surface area contributed by atoms with Crippen LogP contribution in [0.5, 0.6) is 0 Å². The molecule has 1 aromatic rings. The summed E-state index contributed by atoms with van der Waals surface area (Å²) >= 11 is 1.09. The Morgan fingerprint density at radius 1 is 1.70 bits per heavy atom. The summed E-state index contributed by atoms with van der Waals surface area (Å²) in [6.45, 7) is 1.49. The molecule has 2 amide bonds. The molecule has 13 heteroatoms. The van der Waals surface area contributed by atoms with Crippen LogP contribution in [0.3, 0.4) is 0 Å². The highest BCUT2D eigenvalue weighted by Gasteiger charge is 2.45. The van der Waals surface area contributed by atoms with Gasteiger partial charge in [0.2, 0.25) is 0 Å².